The van der Waals surface area contributed by atoms with E-state index in [1.165, 1.54) is 22.1 Å². The van der Waals surface area contributed by atoms with E-state index in [1.807, 2.05) is 38.4 Å². The molecule has 0 N–H and O–H groups in total. The van der Waals surface area contributed by atoms with Crippen molar-refractivity contribution in [2.45, 2.75) is 32.5 Å². The number of halogens is 1. The maximum absolute atomic E-state index is 15.0. The van der Waals surface area contributed by atoms with Crippen molar-refractivity contribution < 1.29 is 13.9 Å². The predicted molar refractivity (Wildman–Crippen MR) is 113 cm³/mol. The number of hydrogen-bond donors (Lipinski definition) is 0. The fourth-order valence-electron chi connectivity index (χ4n) is 4.15. The Bertz CT molecular complexity index is 1130. The van der Waals surface area contributed by atoms with E-state index in [4.69, 9.17) is 4.74 Å². The van der Waals surface area contributed by atoms with Crippen molar-refractivity contribution >= 4 is 17.6 Å². The summed E-state index contributed by atoms with van der Waals surface area (Å²) in [5, 5.41) is 4.48. The summed E-state index contributed by atoms with van der Waals surface area (Å²) >= 11 is 0. The van der Waals surface area contributed by atoms with Gasteiger partial charge in [-0.2, -0.15) is 5.10 Å². The molecule has 5 rings (SSSR count). The van der Waals surface area contributed by atoms with Crippen LogP contribution >= 0.6 is 0 Å². The summed E-state index contributed by atoms with van der Waals surface area (Å²) in [6.45, 7) is 3.96. The first-order valence-electron chi connectivity index (χ1n) is 10.2. The minimum absolute atomic E-state index is 0.140. The molecule has 1 atom stereocenters. The Morgan fingerprint density at radius 3 is 2.67 bits per heavy atom. The molecule has 0 aliphatic carbocycles. The number of nitrogens with zero attached hydrogens (tertiary/aromatic N) is 4. The van der Waals surface area contributed by atoms with E-state index in [0.717, 1.165) is 30.9 Å². The molecule has 1 aromatic heterocycles. The first-order valence-corrected chi connectivity index (χ1v) is 10.2. The molecule has 3 heterocycles. The third-order valence-electron chi connectivity index (χ3n) is 5.86. The van der Waals surface area contributed by atoms with Crippen molar-refractivity contribution in [3.63, 3.8) is 0 Å². The van der Waals surface area contributed by atoms with Gasteiger partial charge in [0.15, 0.2) is 5.82 Å². The van der Waals surface area contributed by atoms with E-state index in [-0.39, 0.29) is 11.9 Å². The lowest BCUT2D eigenvalue weighted by Crippen LogP contribution is -2.24. The Balaban J connectivity index is 1.39. The number of hydrogen-bond acceptors (Lipinski definition) is 4. The van der Waals surface area contributed by atoms with Crippen LogP contribution < -0.4 is 9.80 Å². The van der Waals surface area contributed by atoms with E-state index in [9.17, 15) is 9.18 Å². The molecule has 0 radical (unpaired) electrons. The number of benzene rings is 2. The molecule has 0 bridgehead atoms. The van der Waals surface area contributed by atoms with E-state index in [1.54, 1.807) is 16.8 Å². The number of aromatic nitrogens is 2. The van der Waals surface area contributed by atoms with Crippen LogP contribution in [-0.4, -0.2) is 28.5 Å². The first-order chi connectivity index (χ1) is 14.5. The van der Waals surface area contributed by atoms with Crippen LogP contribution in [0.3, 0.4) is 0 Å². The molecule has 0 saturated carbocycles. The van der Waals surface area contributed by atoms with Gasteiger partial charge >= 0.3 is 6.09 Å². The second kappa shape index (κ2) is 7.16. The molecule has 0 unspecified atom stereocenters. The molecule has 1 fully saturated rings. The molecule has 154 valence electrons. The van der Waals surface area contributed by atoms with Crippen LogP contribution in [-0.2, 0) is 24.9 Å². The van der Waals surface area contributed by atoms with Gasteiger partial charge in [-0.1, -0.05) is 19.1 Å². The van der Waals surface area contributed by atoms with Crippen LogP contribution in [0.25, 0.3) is 11.1 Å². The number of carbonyl (C=O) groups is 1. The van der Waals surface area contributed by atoms with Crippen molar-refractivity contribution in [3.8, 4) is 11.1 Å². The molecule has 2 aliphatic heterocycles. The first kappa shape index (κ1) is 18.7. The molecule has 1 amide bonds. The smallest absolute Gasteiger partial charge is 0.414 e. The monoisotopic (exact) mass is 406 g/mol. The molecule has 1 saturated heterocycles. The lowest BCUT2D eigenvalue weighted by molar-refractivity contribution is 0.139. The lowest BCUT2D eigenvalue weighted by atomic mass is 10.00. The summed E-state index contributed by atoms with van der Waals surface area (Å²) in [4.78, 5) is 15.8. The zero-order chi connectivity index (χ0) is 20.8. The standard InChI is InChI=1S/C23H23FN4O2/c1-3-19-14-28(23(29)30-19)18-6-7-20(21(24)11-18)15-4-5-16-12-27(13-17(16)10-15)22-8-9-26(2)25-22/h4-11,19H,3,12-14H2,1-2H3/t19-/m0/s1. The Kier molecular flexibility index (Phi) is 4.46. The van der Waals surface area contributed by atoms with Gasteiger partial charge in [0.25, 0.3) is 0 Å². The molecule has 6 nitrogen and oxygen atoms in total. The highest BCUT2D eigenvalue weighted by molar-refractivity contribution is 5.90. The van der Waals surface area contributed by atoms with E-state index in [2.05, 4.69) is 16.1 Å². The Morgan fingerprint density at radius 2 is 1.97 bits per heavy atom. The van der Waals surface area contributed by atoms with E-state index >= 15 is 0 Å². The van der Waals surface area contributed by atoms with E-state index in [0.29, 0.717) is 17.8 Å². The molecule has 2 aliphatic rings. The van der Waals surface area contributed by atoms with Crippen LogP contribution in [0.4, 0.5) is 20.7 Å². The SMILES string of the molecule is CC[C@H]1CN(c2ccc(-c3ccc4c(c3)CN(c3ccn(C)n3)C4)c(F)c2)C(=O)O1. The van der Waals surface area contributed by atoms with Crippen LogP contribution in [0.1, 0.15) is 24.5 Å². The Hall–Kier alpha value is -3.35. The fourth-order valence-corrected chi connectivity index (χ4v) is 4.15. The minimum atomic E-state index is -0.416. The average molecular weight is 406 g/mol. The van der Waals surface area contributed by atoms with Gasteiger partial charge in [-0.3, -0.25) is 9.58 Å². The number of fused-ring (bicyclic) bond motifs is 1. The predicted octanol–water partition coefficient (Wildman–Crippen LogP) is 4.48. The summed E-state index contributed by atoms with van der Waals surface area (Å²) in [5.74, 6) is 0.591. The molecule has 2 aromatic carbocycles. The molecule has 30 heavy (non-hydrogen) atoms. The number of rotatable bonds is 4. The minimum Gasteiger partial charge on any atom is -0.444 e. The topological polar surface area (TPSA) is 50.6 Å². The second-order valence-electron chi connectivity index (χ2n) is 7.88. The van der Waals surface area contributed by atoms with Gasteiger partial charge in [-0.25, -0.2) is 9.18 Å². The fraction of sp³-hybridized carbons (Fsp3) is 0.304. The number of anilines is 2. The number of ether oxygens (including phenoxy) is 1. The van der Waals surface area contributed by atoms with Crippen LogP contribution in [0.2, 0.25) is 0 Å². The summed E-state index contributed by atoms with van der Waals surface area (Å²) in [6.07, 6.45) is 2.12. The second-order valence-corrected chi connectivity index (χ2v) is 7.88. The quantitative estimate of drug-likeness (QED) is 0.641. The van der Waals surface area contributed by atoms with Gasteiger partial charge in [0.1, 0.15) is 11.9 Å². The third kappa shape index (κ3) is 3.20. The summed E-state index contributed by atoms with van der Waals surface area (Å²) in [6, 6.07) is 13.0. The van der Waals surface area contributed by atoms with Crippen molar-refractivity contribution in [2.24, 2.45) is 7.05 Å². The van der Waals surface area contributed by atoms with Gasteiger partial charge in [0, 0.05) is 38.0 Å². The highest BCUT2D eigenvalue weighted by Gasteiger charge is 2.31. The number of carbonyl (C=O) groups excluding carboxylic acids is 1. The zero-order valence-electron chi connectivity index (χ0n) is 17.0. The van der Waals surface area contributed by atoms with Crippen molar-refractivity contribution in [1.82, 2.24) is 9.78 Å². The summed E-state index contributed by atoms with van der Waals surface area (Å²) < 4.78 is 22.1. The van der Waals surface area contributed by atoms with Gasteiger partial charge < -0.3 is 9.64 Å². The summed E-state index contributed by atoms with van der Waals surface area (Å²) in [5.41, 5.74) is 4.29. The highest BCUT2D eigenvalue weighted by Crippen LogP contribution is 2.33. The van der Waals surface area contributed by atoms with Crippen molar-refractivity contribution in [3.05, 3.63) is 65.6 Å². The Labute approximate surface area is 174 Å². The van der Waals surface area contributed by atoms with Crippen LogP contribution in [0.15, 0.2) is 48.7 Å². The lowest BCUT2D eigenvalue weighted by Gasteiger charge is -2.14. The number of cyclic esters (lactones) is 1. The number of amides is 1. The average Bonchev–Trinajstić information content (AvgIpc) is 3.44. The highest BCUT2D eigenvalue weighted by atomic mass is 19.1. The summed E-state index contributed by atoms with van der Waals surface area (Å²) in [7, 11) is 1.90. The Morgan fingerprint density at radius 1 is 1.13 bits per heavy atom. The molecule has 7 heteroatoms. The molecular weight excluding hydrogens is 383 g/mol. The normalized spacial score (nSPS) is 18.1. The van der Waals surface area contributed by atoms with Gasteiger partial charge in [0.2, 0.25) is 0 Å². The maximum Gasteiger partial charge on any atom is 0.414 e. The van der Waals surface area contributed by atoms with E-state index < -0.39 is 6.09 Å². The van der Waals surface area contributed by atoms with Gasteiger partial charge in [-0.15, -0.1) is 0 Å². The molecular formula is C23H23FN4O2. The zero-order valence-corrected chi connectivity index (χ0v) is 17.0. The maximum atomic E-state index is 15.0. The van der Waals surface area contributed by atoms with Crippen LogP contribution in [0.5, 0.6) is 0 Å². The van der Waals surface area contributed by atoms with Gasteiger partial charge in [-0.05, 0) is 47.4 Å². The van der Waals surface area contributed by atoms with Crippen LogP contribution in [0, 0.1) is 5.82 Å². The van der Waals surface area contributed by atoms with Crippen molar-refractivity contribution in [2.75, 3.05) is 16.3 Å². The molecule has 3 aromatic rings. The third-order valence-corrected chi connectivity index (χ3v) is 5.86. The van der Waals surface area contributed by atoms with Gasteiger partial charge in [0.05, 0.1) is 12.2 Å². The van der Waals surface area contributed by atoms with Crippen molar-refractivity contribution in [1.29, 1.82) is 0 Å². The largest absolute Gasteiger partial charge is 0.444 e. The number of aryl methyl sites for hydroxylation is 1. The molecule has 0 spiro atoms.